The number of aromatic nitrogens is 3. The van der Waals surface area contributed by atoms with Gasteiger partial charge in [-0.25, -0.2) is 4.98 Å². The smallest absolute Gasteiger partial charge is 0.291 e. The van der Waals surface area contributed by atoms with E-state index >= 15 is 0 Å². The number of carbonyl (C=O) groups is 1. The molecule has 0 aliphatic heterocycles. The molecule has 0 aliphatic rings. The summed E-state index contributed by atoms with van der Waals surface area (Å²) in [6, 6.07) is 7.11. The van der Waals surface area contributed by atoms with Crippen molar-refractivity contribution in [2.24, 2.45) is 0 Å². The average molecular weight is 281 g/mol. The fraction of sp³-hybridized carbons (Fsp3) is 0.250. The molecular weight excluding hydrogens is 268 g/mol. The quantitative estimate of drug-likeness (QED) is 0.903. The van der Waals surface area contributed by atoms with Gasteiger partial charge in [-0.15, -0.1) is 0 Å². The van der Waals surface area contributed by atoms with E-state index in [1.165, 1.54) is 11.2 Å². The van der Waals surface area contributed by atoms with Crippen LogP contribution in [0.5, 0.6) is 5.75 Å². The minimum Gasteiger partial charge on any atom is -0.492 e. The van der Waals surface area contributed by atoms with Crippen LogP contribution in [0.15, 0.2) is 30.6 Å². The van der Waals surface area contributed by atoms with Gasteiger partial charge >= 0.3 is 0 Å². The van der Waals surface area contributed by atoms with Crippen LogP contribution in [-0.2, 0) is 0 Å². The van der Waals surface area contributed by atoms with Gasteiger partial charge in [0, 0.05) is 12.1 Å². The van der Waals surface area contributed by atoms with Crippen LogP contribution in [0.1, 0.15) is 10.6 Å². The first-order valence-electron chi connectivity index (χ1n) is 5.66. The maximum absolute atomic E-state index is 11.8. The van der Waals surface area contributed by atoms with Crippen LogP contribution in [0.2, 0.25) is 5.02 Å². The zero-order chi connectivity index (χ0) is 13.7. The number of likely N-dealkylation sites (N-methyl/N-ethyl adjacent to an activating group) is 1. The van der Waals surface area contributed by atoms with Crippen molar-refractivity contribution in [1.29, 1.82) is 0 Å². The maximum Gasteiger partial charge on any atom is 0.291 e. The third-order valence-electron chi connectivity index (χ3n) is 2.46. The first-order chi connectivity index (χ1) is 9.16. The largest absolute Gasteiger partial charge is 0.492 e. The highest BCUT2D eigenvalue weighted by molar-refractivity contribution is 6.30. The van der Waals surface area contributed by atoms with Crippen LogP contribution in [-0.4, -0.2) is 46.2 Å². The third kappa shape index (κ3) is 3.69. The van der Waals surface area contributed by atoms with Gasteiger partial charge in [0.05, 0.1) is 6.54 Å². The lowest BCUT2D eigenvalue weighted by Gasteiger charge is -2.15. The van der Waals surface area contributed by atoms with E-state index in [1.807, 2.05) is 6.07 Å². The van der Waals surface area contributed by atoms with E-state index in [4.69, 9.17) is 16.3 Å². The standard InChI is InChI=1S/C12H13ClN4O2/c1-17(12(18)11-14-8-15-16-11)5-6-19-10-4-2-3-9(13)7-10/h2-4,7-8H,5-6H2,1H3,(H,14,15,16). The van der Waals surface area contributed by atoms with Crippen LogP contribution >= 0.6 is 11.6 Å². The average Bonchev–Trinajstić information content (AvgIpc) is 2.91. The highest BCUT2D eigenvalue weighted by atomic mass is 35.5. The van der Waals surface area contributed by atoms with Gasteiger partial charge in [0.25, 0.3) is 5.91 Å². The second-order valence-corrected chi connectivity index (χ2v) is 4.30. The zero-order valence-corrected chi connectivity index (χ0v) is 11.1. The number of nitrogens with one attached hydrogen (secondary N) is 1. The van der Waals surface area contributed by atoms with E-state index in [9.17, 15) is 4.79 Å². The Morgan fingerprint density at radius 3 is 3.05 bits per heavy atom. The van der Waals surface area contributed by atoms with E-state index in [2.05, 4.69) is 15.2 Å². The topological polar surface area (TPSA) is 71.1 Å². The van der Waals surface area contributed by atoms with Crippen molar-refractivity contribution in [2.75, 3.05) is 20.2 Å². The molecule has 0 unspecified atom stereocenters. The Hall–Kier alpha value is -2.08. The molecule has 0 radical (unpaired) electrons. The van der Waals surface area contributed by atoms with Crippen molar-refractivity contribution in [3.63, 3.8) is 0 Å². The third-order valence-corrected chi connectivity index (χ3v) is 2.69. The lowest BCUT2D eigenvalue weighted by atomic mass is 10.3. The van der Waals surface area contributed by atoms with Crippen LogP contribution in [0, 0.1) is 0 Å². The van der Waals surface area contributed by atoms with Crippen molar-refractivity contribution in [3.05, 3.63) is 41.4 Å². The number of carbonyl (C=O) groups excluding carboxylic acids is 1. The van der Waals surface area contributed by atoms with Crippen LogP contribution in [0.3, 0.4) is 0 Å². The summed E-state index contributed by atoms with van der Waals surface area (Å²) in [5, 5.41) is 6.77. The van der Waals surface area contributed by atoms with Crippen molar-refractivity contribution in [1.82, 2.24) is 20.1 Å². The summed E-state index contributed by atoms with van der Waals surface area (Å²) in [5.41, 5.74) is 0. The molecule has 0 saturated heterocycles. The maximum atomic E-state index is 11.8. The molecule has 0 spiro atoms. The number of hydrogen-bond acceptors (Lipinski definition) is 4. The van der Waals surface area contributed by atoms with Gasteiger partial charge in [-0.3, -0.25) is 9.89 Å². The monoisotopic (exact) mass is 280 g/mol. The fourth-order valence-electron chi connectivity index (χ4n) is 1.45. The fourth-order valence-corrected chi connectivity index (χ4v) is 1.63. The lowest BCUT2D eigenvalue weighted by Crippen LogP contribution is -2.31. The Labute approximate surface area is 115 Å². The molecule has 2 aromatic rings. The number of nitrogens with zero attached hydrogens (tertiary/aromatic N) is 3. The molecule has 0 saturated carbocycles. The minimum absolute atomic E-state index is 0.213. The molecule has 100 valence electrons. The van der Waals surface area contributed by atoms with Gasteiger partial charge in [-0.05, 0) is 18.2 Å². The molecule has 7 heteroatoms. The van der Waals surface area contributed by atoms with Crippen molar-refractivity contribution >= 4 is 17.5 Å². The van der Waals surface area contributed by atoms with Gasteiger partial charge in [0.15, 0.2) is 0 Å². The highest BCUT2D eigenvalue weighted by Crippen LogP contribution is 2.16. The van der Waals surface area contributed by atoms with E-state index in [-0.39, 0.29) is 11.7 Å². The molecule has 0 atom stereocenters. The number of amides is 1. The molecule has 0 fully saturated rings. The number of hydrogen-bond donors (Lipinski definition) is 1. The SMILES string of the molecule is CN(CCOc1cccc(Cl)c1)C(=O)c1ncn[nH]1. The molecule has 1 N–H and O–H groups in total. The molecule has 1 heterocycles. The molecule has 0 aliphatic carbocycles. The van der Waals surface area contributed by atoms with Crippen LogP contribution < -0.4 is 4.74 Å². The van der Waals surface area contributed by atoms with Gasteiger partial charge in [-0.2, -0.15) is 5.10 Å². The van der Waals surface area contributed by atoms with Gasteiger partial charge in [-0.1, -0.05) is 17.7 Å². The molecule has 1 amide bonds. The van der Waals surface area contributed by atoms with Gasteiger partial charge in [0.1, 0.15) is 18.7 Å². The van der Waals surface area contributed by atoms with E-state index in [0.29, 0.717) is 23.9 Å². The summed E-state index contributed by atoms with van der Waals surface area (Å²) < 4.78 is 5.50. The number of rotatable bonds is 5. The molecule has 0 bridgehead atoms. The number of halogens is 1. The summed E-state index contributed by atoms with van der Waals surface area (Å²) in [6.07, 6.45) is 1.30. The summed E-state index contributed by atoms with van der Waals surface area (Å²) in [4.78, 5) is 17.1. The Kier molecular flexibility index (Phi) is 4.35. The summed E-state index contributed by atoms with van der Waals surface area (Å²) in [6.45, 7) is 0.808. The predicted molar refractivity (Wildman–Crippen MR) is 70.3 cm³/mol. The Balaban J connectivity index is 1.81. The lowest BCUT2D eigenvalue weighted by molar-refractivity contribution is 0.0762. The van der Waals surface area contributed by atoms with E-state index < -0.39 is 0 Å². The first-order valence-corrected chi connectivity index (χ1v) is 6.04. The molecule has 6 nitrogen and oxygen atoms in total. The summed E-state index contributed by atoms with van der Waals surface area (Å²) in [5.74, 6) is 0.658. The molecule has 1 aromatic carbocycles. The number of H-pyrrole nitrogens is 1. The number of aromatic amines is 1. The first kappa shape index (κ1) is 13.4. The Morgan fingerprint density at radius 1 is 1.53 bits per heavy atom. The molecule has 1 aromatic heterocycles. The Bertz CT molecular complexity index is 544. The van der Waals surface area contributed by atoms with Gasteiger partial charge < -0.3 is 9.64 Å². The second-order valence-electron chi connectivity index (χ2n) is 3.87. The zero-order valence-electron chi connectivity index (χ0n) is 10.3. The summed E-state index contributed by atoms with van der Waals surface area (Å²) in [7, 11) is 1.67. The van der Waals surface area contributed by atoms with Crippen LogP contribution in [0.4, 0.5) is 0 Å². The second kappa shape index (κ2) is 6.19. The van der Waals surface area contributed by atoms with Crippen LogP contribution in [0.25, 0.3) is 0 Å². The van der Waals surface area contributed by atoms with Gasteiger partial charge in [0.2, 0.25) is 5.82 Å². The van der Waals surface area contributed by atoms with E-state index in [0.717, 1.165) is 0 Å². The number of ether oxygens (including phenoxy) is 1. The highest BCUT2D eigenvalue weighted by Gasteiger charge is 2.13. The normalized spacial score (nSPS) is 10.2. The van der Waals surface area contributed by atoms with Crippen molar-refractivity contribution in [3.8, 4) is 5.75 Å². The molecular formula is C12H13ClN4O2. The minimum atomic E-state index is -0.229. The molecule has 19 heavy (non-hydrogen) atoms. The summed E-state index contributed by atoms with van der Waals surface area (Å²) >= 11 is 5.84. The predicted octanol–water partition coefficient (Wildman–Crippen LogP) is 1.61. The molecule has 2 rings (SSSR count). The van der Waals surface area contributed by atoms with E-state index in [1.54, 1.807) is 25.2 Å². The van der Waals surface area contributed by atoms with Crippen molar-refractivity contribution < 1.29 is 9.53 Å². The number of benzene rings is 1. The van der Waals surface area contributed by atoms with Crippen molar-refractivity contribution in [2.45, 2.75) is 0 Å². The Morgan fingerprint density at radius 2 is 2.37 bits per heavy atom.